The Balaban J connectivity index is 1.76. The molecule has 0 spiro atoms. The zero-order valence-electron chi connectivity index (χ0n) is 16.4. The SMILES string of the molecule is CCC1(CC)C(O)N(C(=O)NCc2ccccc2)C1Oc1ccc([N+](=O)[O-])cc1. The summed E-state index contributed by atoms with van der Waals surface area (Å²) < 4.78 is 6.02. The summed E-state index contributed by atoms with van der Waals surface area (Å²) in [6, 6.07) is 14.8. The number of hydrogen-bond acceptors (Lipinski definition) is 5. The van der Waals surface area contributed by atoms with Crippen LogP contribution in [-0.4, -0.2) is 33.4 Å². The van der Waals surface area contributed by atoms with Crippen molar-refractivity contribution in [3.63, 3.8) is 0 Å². The summed E-state index contributed by atoms with van der Waals surface area (Å²) in [7, 11) is 0. The lowest BCUT2D eigenvalue weighted by Crippen LogP contribution is -2.75. The van der Waals surface area contributed by atoms with Gasteiger partial charge in [-0.15, -0.1) is 0 Å². The zero-order chi connectivity index (χ0) is 21.0. The molecule has 8 nitrogen and oxygen atoms in total. The van der Waals surface area contributed by atoms with Gasteiger partial charge in [0.2, 0.25) is 0 Å². The Hall–Kier alpha value is -3.13. The number of carbonyl (C=O) groups is 1. The maximum atomic E-state index is 12.8. The first-order valence-electron chi connectivity index (χ1n) is 9.62. The largest absolute Gasteiger partial charge is 0.470 e. The Kier molecular flexibility index (Phi) is 6.03. The molecule has 8 heteroatoms. The maximum absolute atomic E-state index is 12.8. The molecule has 0 saturated carbocycles. The number of ether oxygens (including phenoxy) is 1. The van der Waals surface area contributed by atoms with Crippen LogP contribution in [0.2, 0.25) is 0 Å². The van der Waals surface area contributed by atoms with E-state index in [4.69, 9.17) is 4.74 Å². The second-order valence-electron chi connectivity index (χ2n) is 7.09. The Morgan fingerprint density at radius 2 is 1.79 bits per heavy atom. The molecule has 1 heterocycles. The van der Waals surface area contributed by atoms with E-state index < -0.39 is 28.8 Å². The summed E-state index contributed by atoms with van der Waals surface area (Å²) in [5.74, 6) is 0.402. The molecular formula is C21H25N3O5. The van der Waals surface area contributed by atoms with E-state index >= 15 is 0 Å². The third-order valence-corrected chi connectivity index (χ3v) is 5.65. The molecule has 1 fully saturated rings. The van der Waals surface area contributed by atoms with Crippen molar-refractivity contribution < 1.29 is 19.6 Å². The number of likely N-dealkylation sites (tertiary alicyclic amines) is 1. The molecule has 0 radical (unpaired) electrons. The summed E-state index contributed by atoms with van der Waals surface area (Å²) in [6.45, 7) is 4.22. The molecule has 29 heavy (non-hydrogen) atoms. The van der Waals surface area contributed by atoms with Crippen LogP contribution in [0.25, 0.3) is 0 Å². The lowest BCUT2D eigenvalue weighted by Gasteiger charge is -2.59. The predicted molar refractivity (Wildman–Crippen MR) is 107 cm³/mol. The van der Waals surface area contributed by atoms with Crippen LogP contribution in [0, 0.1) is 15.5 Å². The molecule has 2 aromatic carbocycles. The molecule has 2 unspecified atom stereocenters. The van der Waals surface area contributed by atoms with Crippen molar-refractivity contribution in [3.05, 3.63) is 70.3 Å². The Morgan fingerprint density at radius 3 is 2.34 bits per heavy atom. The topological polar surface area (TPSA) is 105 Å². The first-order valence-corrected chi connectivity index (χ1v) is 9.62. The number of benzene rings is 2. The zero-order valence-corrected chi connectivity index (χ0v) is 16.4. The average molecular weight is 399 g/mol. The second kappa shape index (κ2) is 8.48. The van der Waals surface area contributed by atoms with Gasteiger partial charge in [0.25, 0.3) is 5.69 Å². The number of non-ortho nitro benzene ring substituents is 1. The van der Waals surface area contributed by atoms with E-state index in [9.17, 15) is 20.0 Å². The number of hydrogen-bond donors (Lipinski definition) is 2. The first kappa shape index (κ1) is 20.6. The number of urea groups is 1. The van der Waals surface area contributed by atoms with Crippen molar-refractivity contribution in [2.45, 2.75) is 45.7 Å². The van der Waals surface area contributed by atoms with Crippen LogP contribution in [0.4, 0.5) is 10.5 Å². The van der Waals surface area contributed by atoms with Crippen molar-refractivity contribution in [2.75, 3.05) is 0 Å². The fraction of sp³-hybridized carbons (Fsp3) is 0.381. The highest BCUT2D eigenvalue weighted by Crippen LogP contribution is 2.49. The smallest absolute Gasteiger partial charge is 0.322 e. The molecule has 0 aromatic heterocycles. The summed E-state index contributed by atoms with van der Waals surface area (Å²) in [4.78, 5) is 24.4. The molecule has 2 aromatic rings. The van der Waals surface area contributed by atoms with Crippen LogP contribution in [0.3, 0.4) is 0 Å². The number of nitro benzene ring substituents is 1. The second-order valence-corrected chi connectivity index (χ2v) is 7.09. The summed E-state index contributed by atoms with van der Waals surface area (Å²) in [5.41, 5.74) is 0.299. The van der Waals surface area contributed by atoms with Crippen molar-refractivity contribution in [1.82, 2.24) is 10.2 Å². The molecule has 154 valence electrons. The number of nitrogens with one attached hydrogen (secondary N) is 1. The van der Waals surface area contributed by atoms with Crippen molar-refractivity contribution in [2.24, 2.45) is 5.41 Å². The number of amides is 2. The van der Waals surface area contributed by atoms with E-state index in [-0.39, 0.29) is 5.69 Å². The summed E-state index contributed by atoms with van der Waals surface area (Å²) in [6.07, 6.45) is -0.420. The highest BCUT2D eigenvalue weighted by molar-refractivity contribution is 5.76. The molecule has 1 aliphatic rings. The standard InChI is InChI=1S/C21H25N3O5/c1-3-21(4-2)18(25)23(20(26)22-14-15-8-6-5-7-9-15)19(21)29-17-12-10-16(11-13-17)24(27)28/h5-13,18-19,25H,3-4,14H2,1-2H3,(H,22,26). The quantitative estimate of drug-likeness (QED) is 0.546. The van der Waals surface area contributed by atoms with Gasteiger partial charge in [-0.2, -0.15) is 0 Å². The third-order valence-electron chi connectivity index (χ3n) is 5.65. The van der Waals surface area contributed by atoms with Crippen molar-refractivity contribution in [1.29, 1.82) is 0 Å². The normalized spacial score (nSPS) is 19.9. The molecule has 3 rings (SSSR count). The Morgan fingerprint density at radius 1 is 1.17 bits per heavy atom. The van der Waals surface area contributed by atoms with E-state index in [1.165, 1.54) is 29.2 Å². The van der Waals surface area contributed by atoms with Gasteiger partial charge in [0.1, 0.15) is 12.0 Å². The van der Waals surface area contributed by atoms with E-state index in [0.717, 1.165) is 5.56 Å². The van der Waals surface area contributed by atoms with Gasteiger partial charge in [-0.05, 0) is 30.5 Å². The van der Waals surface area contributed by atoms with Crippen molar-refractivity contribution in [3.8, 4) is 5.75 Å². The van der Waals surface area contributed by atoms with Crippen LogP contribution in [0.5, 0.6) is 5.75 Å². The molecule has 0 aliphatic carbocycles. The van der Waals surface area contributed by atoms with Crippen LogP contribution >= 0.6 is 0 Å². The predicted octanol–water partition coefficient (Wildman–Crippen LogP) is 3.65. The number of aliphatic hydroxyl groups excluding tert-OH is 1. The number of carbonyl (C=O) groups excluding carboxylic acids is 1. The molecule has 1 aliphatic heterocycles. The fourth-order valence-corrected chi connectivity index (χ4v) is 3.72. The fourth-order valence-electron chi connectivity index (χ4n) is 3.72. The van der Waals surface area contributed by atoms with Gasteiger partial charge in [0.15, 0.2) is 6.23 Å². The number of nitrogens with zero attached hydrogens (tertiary/aromatic N) is 2. The van der Waals surface area contributed by atoms with Gasteiger partial charge >= 0.3 is 6.03 Å². The molecule has 2 amide bonds. The van der Waals surface area contributed by atoms with Gasteiger partial charge < -0.3 is 15.2 Å². The molecule has 1 saturated heterocycles. The number of nitro groups is 1. The highest BCUT2D eigenvalue weighted by atomic mass is 16.6. The number of rotatable bonds is 7. The molecule has 0 bridgehead atoms. The third kappa shape index (κ3) is 3.88. The van der Waals surface area contributed by atoms with E-state index in [0.29, 0.717) is 25.1 Å². The van der Waals surface area contributed by atoms with Gasteiger partial charge in [-0.1, -0.05) is 44.2 Å². The molecule has 2 N–H and O–H groups in total. The lowest BCUT2D eigenvalue weighted by molar-refractivity contribution is -0.384. The highest BCUT2D eigenvalue weighted by Gasteiger charge is 2.62. The van der Waals surface area contributed by atoms with E-state index in [1.807, 2.05) is 44.2 Å². The first-order chi connectivity index (χ1) is 13.9. The van der Waals surface area contributed by atoms with Crippen LogP contribution in [0.15, 0.2) is 54.6 Å². The van der Waals surface area contributed by atoms with E-state index in [2.05, 4.69) is 5.32 Å². The number of aliphatic hydroxyl groups is 1. The van der Waals surface area contributed by atoms with Crippen LogP contribution < -0.4 is 10.1 Å². The minimum atomic E-state index is -0.976. The van der Waals surface area contributed by atoms with Crippen LogP contribution in [-0.2, 0) is 6.54 Å². The average Bonchev–Trinajstić information content (AvgIpc) is 2.74. The lowest BCUT2D eigenvalue weighted by atomic mass is 9.71. The van der Waals surface area contributed by atoms with Gasteiger partial charge in [-0.3, -0.25) is 15.0 Å². The molecular weight excluding hydrogens is 374 g/mol. The van der Waals surface area contributed by atoms with Crippen LogP contribution in [0.1, 0.15) is 32.3 Å². The van der Waals surface area contributed by atoms with Gasteiger partial charge in [0.05, 0.1) is 10.3 Å². The minimum absolute atomic E-state index is 0.0410. The maximum Gasteiger partial charge on any atom is 0.322 e. The summed E-state index contributed by atoms with van der Waals surface area (Å²) in [5, 5.41) is 24.4. The Bertz CT molecular complexity index is 852. The van der Waals surface area contributed by atoms with Gasteiger partial charge in [-0.25, -0.2) is 4.79 Å². The Labute approximate surface area is 169 Å². The molecule has 2 atom stereocenters. The van der Waals surface area contributed by atoms with Gasteiger partial charge in [0, 0.05) is 18.7 Å². The van der Waals surface area contributed by atoms with E-state index in [1.54, 1.807) is 0 Å². The monoisotopic (exact) mass is 399 g/mol. The minimum Gasteiger partial charge on any atom is -0.470 e. The summed E-state index contributed by atoms with van der Waals surface area (Å²) >= 11 is 0. The van der Waals surface area contributed by atoms with Crippen molar-refractivity contribution >= 4 is 11.7 Å².